The number of nitrogens with one attached hydrogen (secondary N) is 1. The van der Waals surface area contributed by atoms with E-state index in [9.17, 15) is 8.42 Å². The summed E-state index contributed by atoms with van der Waals surface area (Å²) in [5, 5.41) is 3.36. The lowest BCUT2D eigenvalue weighted by Gasteiger charge is -2.17. The number of anilines is 1. The van der Waals surface area contributed by atoms with Crippen molar-refractivity contribution in [3.05, 3.63) is 48.2 Å². The molecule has 2 heterocycles. The van der Waals surface area contributed by atoms with Crippen LogP contribution in [0.3, 0.4) is 0 Å². The molecule has 0 saturated carbocycles. The Morgan fingerprint density at radius 1 is 1.23 bits per heavy atom. The van der Waals surface area contributed by atoms with Crippen molar-refractivity contribution in [2.24, 2.45) is 5.92 Å². The minimum atomic E-state index is -3.63. The molecule has 0 bridgehead atoms. The molecule has 1 aromatic heterocycles. The van der Waals surface area contributed by atoms with Crippen molar-refractivity contribution in [2.45, 2.75) is 24.2 Å². The molecule has 0 amide bonds. The Hall–Kier alpha value is -1.79. The predicted molar refractivity (Wildman–Crippen MR) is 87.3 cm³/mol. The Bertz CT molecular complexity index is 753. The van der Waals surface area contributed by atoms with E-state index in [1.807, 2.05) is 6.07 Å². The summed E-state index contributed by atoms with van der Waals surface area (Å²) in [5.74, 6) is 1.10. The molecule has 3 N–H and O–H groups in total. The molecular weight excluding hydrogens is 298 g/mol. The third-order valence-corrected chi connectivity index (χ3v) is 6.19. The zero-order chi connectivity index (χ0) is 15.7. The van der Waals surface area contributed by atoms with Gasteiger partial charge in [0.05, 0.1) is 4.90 Å². The van der Waals surface area contributed by atoms with Crippen molar-refractivity contribution < 1.29 is 8.42 Å². The SMILES string of the molecule is CCC1CNCC1c1ccn(S(=O)(=O)c2ccccc2)c1N. The monoisotopic (exact) mass is 319 g/mol. The molecule has 22 heavy (non-hydrogen) atoms. The second-order valence-corrected chi connectivity index (χ2v) is 7.52. The van der Waals surface area contributed by atoms with E-state index in [1.54, 1.807) is 36.5 Å². The molecule has 1 aliphatic rings. The van der Waals surface area contributed by atoms with Crippen LogP contribution in [0.2, 0.25) is 0 Å². The van der Waals surface area contributed by atoms with Gasteiger partial charge in [0.1, 0.15) is 5.82 Å². The lowest BCUT2D eigenvalue weighted by molar-refractivity contribution is 0.504. The lowest BCUT2D eigenvalue weighted by atomic mass is 9.88. The predicted octanol–water partition coefficient (Wildman–Crippen LogP) is 2.02. The first-order valence-electron chi connectivity index (χ1n) is 7.53. The van der Waals surface area contributed by atoms with Crippen LogP contribution in [-0.4, -0.2) is 25.5 Å². The van der Waals surface area contributed by atoms with Crippen LogP contribution in [0, 0.1) is 5.92 Å². The van der Waals surface area contributed by atoms with E-state index in [-0.39, 0.29) is 10.8 Å². The van der Waals surface area contributed by atoms with E-state index in [4.69, 9.17) is 5.73 Å². The second-order valence-electron chi connectivity index (χ2n) is 5.70. The topological polar surface area (TPSA) is 77.1 Å². The van der Waals surface area contributed by atoms with Crippen LogP contribution >= 0.6 is 0 Å². The van der Waals surface area contributed by atoms with E-state index < -0.39 is 10.0 Å². The molecule has 0 aliphatic carbocycles. The number of hydrogen-bond donors (Lipinski definition) is 2. The molecule has 0 spiro atoms. The summed E-state index contributed by atoms with van der Waals surface area (Å²) in [4.78, 5) is 0.250. The van der Waals surface area contributed by atoms with Gasteiger partial charge in [-0.15, -0.1) is 0 Å². The van der Waals surface area contributed by atoms with Gasteiger partial charge < -0.3 is 11.1 Å². The molecule has 2 atom stereocenters. The van der Waals surface area contributed by atoms with Crippen LogP contribution < -0.4 is 11.1 Å². The third kappa shape index (κ3) is 2.42. The van der Waals surface area contributed by atoms with Crippen LogP contribution in [-0.2, 0) is 10.0 Å². The summed E-state index contributed by atoms with van der Waals surface area (Å²) in [5.41, 5.74) is 7.11. The van der Waals surface area contributed by atoms with E-state index in [0.29, 0.717) is 11.7 Å². The summed E-state index contributed by atoms with van der Waals surface area (Å²) in [7, 11) is -3.63. The fourth-order valence-electron chi connectivity index (χ4n) is 3.20. The molecule has 0 radical (unpaired) electrons. The van der Waals surface area contributed by atoms with E-state index in [1.165, 1.54) is 3.97 Å². The first kappa shape index (κ1) is 15.1. The van der Waals surface area contributed by atoms with Crippen molar-refractivity contribution in [3.63, 3.8) is 0 Å². The Morgan fingerprint density at radius 2 is 1.95 bits per heavy atom. The van der Waals surface area contributed by atoms with Crippen LogP contribution in [0.25, 0.3) is 0 Å². The molecular formula is C16H21N3O2S. The number of nitrogens with two attached hydrogens (primary N) is 1. The number of benzene rings is 1. The average molecular weight is 319 g/mol. The van der Waals surface area contributed by atoms with Gasteiger partial charge in [-0.05, 0) is 36.2 Å². The highest BCUT2D eigenvalue weighted by molar-refractivity contribution is 7.90. The van der Waals surface area contributed by atoms with Crippen LogP contribution in [0.5, 0.6) is 0 Å². The van der Waals surface area contributed by atoms with Crippen molar-refractivity contribution in [3.8, 4) is 0 Å². The Labute approximate surface area is 131 Å². The smallest absolute Gasteiger partial charge is 0.269 e. The molecule has 2 unspecified atom stereocenters. The van der Waals surface area contributed by atoms with Gasteiger partial charge in [-0.1, -0.05) is 31.5 Å². The fraction of sp³-hybridized carbons (Fsp3) is 0.375. The standard InChI is InChI=1S/C16H21N3O2S/c1-2-12-10-18-11-15(12)14-8-9-19(16(14)17)22(20,21)13-6-4-3-5-7-13/h3-9,12,15,18H,2,10-11,17H2,1H3. The number of rotatable bonds is 4. The minimum absolute atomic E-state index is 0.250. The molecule has 1 fully saturated rings. The number of nitrogen functional groups attached to an aromatic ring is 1. The van der Waals surface area contributed by atoms with Crippen molar-refractivity contribution in [1.29, 1.82) is 0 Å². The van der Waals surface area contributed by atoms with Crippen LogP contribution in [0.4, 0.5) is 5.82 Å². The summed E-state index contributed by atoms with van der Waals surface area (Å²) < 4.78 is 26.6. The maximum absolute atomic E-state index is 12.7. The molecule has 6 heteroatoms. The highest BCUT2D eigenvalue weighted by atomic mass is 32.2. The molecule has 1 aliphatic heterocycles. The summed E-state index contributed by atoms with van der Waals surface area (Å²) in [6.07, 6.45) is 2.62. The lowest BCUT2D eigenvalue weighted by Crippen LogP contribution is -2.17. The van der Waals surface area contributed by atoms with Gasteiger partial charge in [0.2, 0.25) is 0 Å². The first-order valence-corrected chi connectivity index (χ1v) is 8.97. The number of hydrogen-bond acceptors (Lipinski definition) is 4. The van der Waals surface area contributed by atoms with Gasteiger partial charge in [0.25, 0.3) is 10.0 Å². The van der Waals surface area contributed by atoms with Crippen molar-refractivity contribution in [2.75, 3.05) is 18.8 Å². The Balaban J connectivity index is 2.01. The highest BCUT2D eigenvalue weighted by Crippen LogP contribution is 2.35. The van der Waals surface area contributed by atoms with Crippen LogP contribution in [0.1, 0.15) is 24.8 Å². The Morgan fingerprint density at radius 3 is 2.64 bits per heavy atom. The van der Waals surface area contributed by atoms with Gasteiger partial charge in [-0.25, -0.2) is 12.4 Å². The fourth-order valence-corrected chi connectivity index (χ4v) is 4.51. The van der Waals surface area contributed by atoms with E-state index in [2.05, 4.69) is 12.2 Å². The van der Waals surface area contributed by atoms with E-state index >= 15 is 0 Å². The number of nitrogens with zero attached hydrogens (tertiary/aromatic N) is 1. The van der Waals surface area contributed by atoms with Crippen molar-refractivity contribution >= 4 is 15.8 Å². The van der Waals surface area contributed by atoms with Gasteiger partial charge in [-0.3, -0.25) is 0 Å². The molecule has 5 nitrogen and oxygen atoms in total. The molecule has 118 valence electrons. The molecule has 1 aromatic carbocycles. The quantitative estimate of drug-likeness (QED) is 0.904. The highest BCUT2D eigenvalue weighted by Gasteiger charge is 2.31. The molecule has 3 rings (SSSR count). The number of aromatic nitrogens is 1. The zero-order valence-electron chi connectivity index (χ0n) is 12.6. The maximum atomic E-state index is 12.7. The van der Waals surface area contributed by atoms with Gasteiger partial charge in [0.15, 0.2) is 0 Å². The average Bonchev–Trinajstić information content (AvgIpc) is 3.14. The Kier molecular flexibility index (Phi) is 3.97. The minimum Gasteiger partial charge on any atom is -0.384 e. The second kappa shape index (κ2) is 5.78. The molecule has 2 aromatic rings. The van der Waals surface area contributed by atoms with E-state index in [0.717, 1.165) is 25.1 Å². The van der Waals surface area contributed by atoms with Crippen molar-refractivity contribution in [1.82, 2.24) is 9.29 Å². The summed E-state index contributed by atoms with van der Waals surface area (Å²) in [6, 6.07) is 10.2. The zero-order valence-corrected chi connectivity index (χ0v) is 13.4. The van der Waals surface area contributed by atoms with Crippen LogP contribution in [0.15, 0.2) is 47.5 Å². The van der Waals surface area contributed by atoms with Gasteiger partial charge >= 0.3 is 0 Å². The first-order chi connectivity index (χ1) is 10.6. The van der Waals surface area contributed by atoms with Gasteiger partial charge in [-0.2, -0.15) is 0 Å². The maximum Gasteiger partial charge on any atom is 0.269 e. The van der Waals surface area contributed by atoms with Gasteiger partial charge in [0, 0.05) is 18.7 Å². The normalized spacial score (nSPS) is 22.0. The molecule has 1 saturated heterocycles. The largest absolute Gasteiger partial charge is 0.384 e. The summed E-state index contributed by atoms with van der Waals surface area (Å²) in [6.45, 7) is 3.95. The summed E-state index contributed by atoms with van der Waals surface area (Å²) >= 11 is 0. The third-order valence-electron chi connectivity index (χ3n) is 4.49.